The van der Waals surface area contributed by atoms with E-state index in [1.807, 2.05) is 49.4 Å². The molecule has 38 heavy (non-hydrogen) atoms. The Morgan fingerprint density at radius 2 is 2.00 bits per heavy atom. The molecular weight excluding hydrogens is 502 g/mol. The molecule has 0 radical (unpaired) electrons. The number of aliphatic imine (C=N–C) groups is 1. The number of likely N-dealkylation sites (N-methyl/N-ethyl adjacent to an activating group) is 1. The zero-order valence-electron chi connectivity index (χ0n) is 21.8. The highest BCUT2D eigenvalue weighted by Crippen LogP contribution is 2.36. The van der Waals surface area contributed by atoms with Crippen LogP contribution in [0.2, 0.25) is 5.02 Å². The summed E-state index contributed by atoms with van der Waals surface area (Å²) < 4.78 is 2.12. The molecule has 1 fully saturated rings. The maximum absolute atomic E-state index is 12.3. The Hall–Kier alpha value is -3.36. The number of imidazole rings is 1. The number of aromatic nitrogens is 2. The van der Waals surface area contributed by atoms with Gasteiger partial charge in [-0.15, -0.1) is 0 Å². The lowest BCUT2D eigenvalue weighted by atomic mass is 9.78. The summed E-state index contributed by atoms with van der Waals surface area (Å²) in [4.78, 5) is 24.2. The Kier molecular flexibility index (Phi) is 7.72. The normalized spacial score (nSPS) is 19.1. The van der Waals surface area contributed by atoms with Crippen LogP contribution in [0.15, 0.2) is 53.5 Å². The minimum atomic E-state index is -0.995. The Bertz CT molecular complexity index is 1330. The van der Waals surface area contributed by atoms with Gasteiger partial charge in [-0.3, -0.25) is 4.99 Å². The number of aliphatic hydroxyl groups is 1. The van der Waals surface area contributed by atoms with E-state index >= 15 is 0 Å². The number of benzene rings is 2. The Labute approximate surface area is 228 Å². The summed E-state index contributed by atoms with van der Waals surface area (Å²) in [7, 11) is 1.77. The highest BCUT2D eigenvalue weighted by atomic mass is 35.5. The minimum Gasteiger partial charge on any atom is -0.478 e. The SMILES string of the molecule is Cc1cccc(-c2nc3c(n2Cc2ccc(Cl)cc2)C(=NC(CCCO)C2CCC2)N(C)[C@@H](C(=O)O)N3)c1. The molecule has 1 aliphatic heterocycles. The highest BCUT2D eigenvalue weighted by Gasteiger charge is 2.38. The van der Waals surface area contributed by atoms with Crippen LogP contribution in [0, 0.1) is 12.8 Å². The molecule has 3 aromatic rings. The van der Waals surface area contributed by atoms with Crippen molar-refractivity contribution in [2.24, 2.45) is 10.9 Å². The van der Waals surface area contributed by atoms with Crippen molar-refractivity contribution in [1.29, 1.82) is 0 Å². The summed E-state index contributed by atoms with van der Waals surface area (Å²) in [6.07, 6.45) is 3.80. The van der Waals surface area contributed by atoms with E-state index in [-0.39, 0.29) is 12.6 Å². The summed E-state index contributed by atoms with van der Waals surface area (Å²) in [6, 6.07) is 15.9. The van der Waals surface area contributed by atoms with Crippen LogP contribution < -0.4 is 5.32 Å². The molecule has 3 N–H and O–H groups in total. The van der Waals surface area contributed by atoms with Crippen molar-refractivity contribution in [3.8, 4) is 11.4 Å². The van der Waals surface area contributed by atoms with Crippen LogP contribution in [0.4, 0.5) is 5.82 Å². The molecule has 0 spiro atoms. The highest BCUT2D eigenvalue weighted by molar-refractivity contribution is 6.30. The van der Waals surface area contributed by atoms with Crippen molar-refractivity contribution in [2.45, 2.75) is 57.8 Å². The van der Waals surface area contributed by atoms with Gasteiger partial charge in [0.15, 0.2) is 11.7 Å². The van der Waals surface area contributed by atoms with Gasteiger partial charge in [0.25, 0.3) is 0 Å². The van der Waals surface area contributed by atoms with Crippen molar-refractivity contribution >= 4 is 29.2 Å². The van der Waals surface area contributed by atoms with Gasteiger partial charge in [0, 0.05) is 30.8 Å². The smallest absolute Gasteiger partial charge is 0.347 e. The maximum Gasteiger partial charge on any atom is 0.347 e. The summed E-state index contributed by atoms with van der Waals surface area (Å²) in [6.45, 7) is 2.67. The Morgan fingerprint density at radius 3 is 2.63 bits per heavy atom. The largest absolute Gasteiger partial charge is 0.478 e. The second-order valence-corrected chi connectivity index (χ2v) is 10.7. The average molecular weight is 536 g/mol. The fourth-order valence-corrected chi connectivity index (χ4v) is 5.42. The van der Waals surface area contributed by atoms with E-state index in [4.69, 9.17) is 21.6 Å². The number of hydrogen-bond donors (Lipinski definition) is 3. The van der Waals surface area contributed by atoms with Crippen molar-refractivity contribution in [3.63, 3.8) is 0 Å². The third kappa shape index (κ3) is 5.28. The molecule has 9 heteroatoms. The van der Waals surface area contributed by atoms with Gasteiger partial charge in [0.2, 0.25) is 6.17 Å². The third-order valence-electron chi connectivity index (χ3n) is 7.58. The van der Waals surface area contributed by atoms with Crippen LogP contribution in [0.3, 0.4) is 0 Å². The number of halogens is 1. The standard InChI is InChI=1S/C29H34ClN5O3/c1-18-6-3-9-21(16-18)26-32-25-24(35(26)17-19-11-13-22(30)14-12-19)27(34(2)28(33-25)29(37)38)31-23(10-5-15-36)20-7-4-8-20/h3,6,9,11-14,16,20,23,28,33,36H,4-5,7-8,10,15,17H2,1-2H3,(H,37,38)/t23?,28-/m0/s1. The molecule has 1 unspecified atom stereocenters. The molecule has 5 rings (SSSR count). The van der Waals surface area contributed by atoms with Crippen molar-refractivity contribution in [3.05, 3.63) is 70.4 Å². The van der Waals surface area contributed by atoms with Gasteiger partial charge in [0.05, 0.1) is 6.04 Å². The number of aliphatic carboxylic acids is 1. The number of aliphatic hydroxyl groups excluding tert-OH is 1. The van der Waals surface area contributed by atoms with Gasteiger partial charge >= 0.3 is 5.97 Å². The first-order valence-electron chi connectivity index (χ1n) is 13.2. The molecule has 2 aromatic carbocycles. The topological polar surface area (TPSA) is 103 Å². The molecule has 0 saturated heterocycles. The van der Waals surface area contributed by atoms with Crippen molar-refractivity contribution in [1.82, 2.24) is 14.5 Å². The number of amidine groups is 1. The lowest BCUT2D eigenvalue weighted by molar-refractivity contribution is -0.140. The van der Waals surface area contributed by atoms with E-state index in [9.17, 15) is 15.0 Å². The van der Waals surface area contributed by atoms with Gasteiger partial charge in [-0.25, -0.2) is 9.78 Å². The van der Waals surface area contributed by atoms with Gasteiger partial charge in [-0.05, 0) is 62.3 Å². The van der Waals surface area contributed by atoms with Gasteiger partial charge in [0.1, 0.15) is 11.5 Å². The van der Waals surface area contributed by atoms with E-state index in [0.29, 0.717) is 35.6 Å². The van der Waals surface area contributed by atoms with Crippen LogP contribution >= 0.6 is 11.6 Å². The zero-order valence-corrected chi connectivity index (χ0v) is 22.5. The molecule has 0 amide bonds. The summed E-state index contributed by atoms with van der Waals surface area (Å²) in [5, 5.41) is 23.4. The molecule has 1 saturated carbocycles. The van der Waals surface area contributed by atoms with Crippen LogP contribution in [-0.2, 0) is 11.3 Å². The van der Waals surface area contributed by atoms with Crippen molar-refractivity contribution in [2.75, 3.05) is 19.0 Å². The lowest BCUT2D eigenvalue weighted by Gasteiger charge is -2.37. The predicted molar refractivity (Wildman–Crippen MR) is 150 cm³/mol. The van der Waals surface area contributed by atoms with Crippen LogP contribution in [0.25, 0.3) is 11.4 Å². The Balaban J connectivity index is 1.69. The number of carboxylic acid groups (broad SMARTS) is 1. The second-order valence-electron chi connectivity index (χ2n) is 10.3. The van der Waals surface area contributed by atoms with Gasteiger partial charge in [-0.1, -0.05) is 53.9 Å². The molecule has 2 atom stereocenters. The molecule has 200 valence electrons. The molecule has 2 aliphatic rings. The minimum absolute atomic E-state index is 0.00930. The van der Waals surface area contributed by atoms with E-state index in [1.165, 1.54) is 6.42 Å². The first-order chi connectivity index (χ1) is 18.4. The monoisotopic (exact) mass is 535 g/mol. The number of carbonyl (C=O) groups is 1. The van der Waals surface area contributed by atoms with Gasteiger partial charge in [-0.2, -0.15) is 0 Å². The number of rotatable bonds is 9. The predicted octanol–water partition coefficient (Wildman–Crippen LogP) is 5.02. The number of anilines is 1. The van der Waals surface area contributed by atoms with E-state index in [1.54, 1.807) is 11.9 Å². The second kappa shape index (κ2) is 11.2. The van der Waals surface area contributed by atoms with E-state index in [0.717, 1.165) is 47.5 Å². The molecule has 1 aromatic heterocycles. The number of nitrogens with one attached hydrogen (secondary N) is 1. The summed E-state index contributed by atoms with van der Waals surface area (Å²) >= 11 is 6.16. The zero-order chi connectivity index (χ0) is 26.8. The first-order valence-corrected chi connectivity index (χ1v) is 13.6. The average Bonchev–Trinajstić information content (AvgIpc) is 3.22. The maximum atomic E-state index is 12.3. The number of carboxylic acids is 1. The number of aryl methyl sites for hydroxylation is 1. The molecule has 2 heterocycles. The molecule has 0 bridgehead atoms. The number of fused-ring (bicyclic) bond motifs is 1. The Morgan fingerprint density at radius 1 is 1.24 bits per heavy atom. The van der Waals surface area contributed by atoms with Crippen LogP contribution in [0.5, 0.6) is 0 Å². The van der Waals surface area contributed by atoms with Crippen LogP contribution in [-0.4, -0.2) is 62.3 Å². The lowest BCUT2D eigenvalue weighted by Crippen LogP contribution is -2.52. The van der Waals surface area contributed by atoms with E-state index in [2.05, 4.69) is 16.0 Å². The van der Waals surface area contributed by atoms with E-state index < -0.39 is 12.1 Å². The molecular formula is C29H34ClN5O3. The third-order valence-corrected chi connectivity index (χ3v) is 7.83. The summed E-state index contributed by atoms with van der Waals surface area (Å²) in [5.41, 5.74) is 3.87. The fourth-order valence-electron chi connectivity index (χ4n) is 5.29. The van der Waals surface area contributed by atoms with Gasteiger partial charge < -0.3 is 25.0 Å². The first kappa shape index (κ1) is 26.3. The van der Waals surface area contributed by atoms with Crippen molar-refractivity contribution < 1.29 is 15.0 Å². The molecule has 1 aliphatic carbocycles. The quantitative estimate of drug-likeness (QED) is 0.356. The fraction of sp³-hybridized carbons (Fsp3) is 0.414. The number of hydrogen-bond acceptors (Lipinski definition) is 5. The molecule has 8 nitrogen and oxygen atoms in total. The number of nitrogens with zero attached hydrogens (tertiary/aromatic N) is 4. The van der Waals surface area contributed by atoms with Crippen LogP contribution in [0.1, 0.15) is 48.9 Å². The summed E-state index contributed by atoms with van der Waals surface area (Å²) in [5.74, 6) is 1.30.